The van der Waals surface area contributed by atoms with Crippen molar-refractivity contribution in [2.75, 3.05) is 23.4 Å². The van der Waals surface area contributed by atoms with Gasteiger partial charge in [-0.2, -0.15) is 18.4 Å². The van der Waals surface area contributed by atoms with Crippen LogP contribution in [0.25, 0.3) is 10.8 Å². The number of nitrogens with one attached hydrogen (secondary N) is 2. The highest BCUT2D eigenvalue weighted by atomic mass is 19.4. The maximum Gasteiger partial charge on any atom is 0.416 e. The Morgan fingerprint density at radius 2 is 1.83 bits per heavy atom. The lowest BCUT2D eigenvalue weighted by molar-refractivity contribution is -0.137. The molecule has 3 aromatic rings. The second kappa shape index (κ2) is 11.1. The molecule has 42 heavy (non-hydrogen) atoms. The SMILES string of the molecule is CNC(C)C(=O)NC1CN(C(C)=O)c2cc(C(F)(F)F)ccc2N(Cc2c(C3CC3)ccc3c(C#N)cccc23)C1=O. The van der Waals surface area contributed by atoms with Gasteiger partial charge in [0.25, 0.3) is 5.91 Å². The van der Waals surface area contributed by atoms with Gasteiger partial charge in [-0.25, -0.2) is 0 Å². The average Bonchev–Trinajstić information content (AvgIpc) is 3.81. The van der Waals surface area contributed by atoms with E-state index in [2.05, 4.69) is 16.7 Å². The van der Waals surface area contributed by atoms with Crippen LogP contribution in [0, 0.1) is 11.3 Å². The molecule has 2 atom stereocenters. The molecule has 0 spiro atoms. The molecule has 11 heteroatoms. The third kappa shape index (κ3) is 5.42. The van der Waals surface area contributed by atoms with Gasteiger partial charge in [0.2, 0.25) is 11.8 Å². The first-order valence-electron chi connectivity index (χ1n) is 13.7. The van der Waals surface area contributed by atoms with Crippen molar-refractivity contribution in [1.29, 1.82) is 5.26 Å². The zero-order valence-corrected chi connectivity index (χ0v) is 23.4. The lowest BCUT2D eigenvalue weighted by atomic mass is 9.93. The van der Waals surface area contributed by atoms with Gasteiger partial charge in [-0.3, -0.25) is 14.4 Å². The summed E-state index contributed by atoms with van der Waals surface area (Å²) in [6.07, 6.45) is -2.78. The normalized spacial score (nSPS) is 17.8. The van der Waals surface area contributed by atoms with Crippen LogP contribution in [-0.4, -0.2) is 43.4 Å². The number of nitrogens with zero attached hydrogens (tertiary/aromatic N) is 3. The van der Waals surface area contributed by atoms with E-state index in [0.29, 0.717) is 10.9 Å². The quantitative estimate of drug-likeness (QED) is 0.446. The largest absolute Gasteiger partial charge is 0.416 e. The van der Waals surface area contributed by atoms with Crippen LogP contribution in [-0.2, 0) is 27.1 Å². The fourth-order valence-corrected chi connectivity index (χ4v) is 5.45. The Bertz CT molecular complexity index is 1630. The van der Waals surface area contributed by atoms with Crippen molar-refractivity contribution in [3.05, 3.63) is 70.8 Å². The standard InChI is InChI=1S/C31H30F3N5O3/c1-17(36-3)29(41)37-26-16-38(18(2)40)28-13-21(31(32,33)34)9-12-27(28)39(30(26)42)15-25-22(19-7-8-19)10-11-23-20(14-35)5-4-6-24(23)25/h4-6,9-13,17,19,26,36H,7-8,15-16H2,1-3H3,(H,37,41). The maximum atomic E-state index is 14.2. The second-order valence-corrected chi connectivity index (χ2v) is 10.7. The van der Waals surface area contributed by atoms with Crippen LogP contribution in [0.4, 0.5) is 24.5 Å². The Kier molecular flexibility index (Phi) is 7.68. The first-order valence-corrected chi connectivity index (χ1v) is 13.7. The summed E-state index contributed by atoms with van der Waals surface area (Å²) in [5, 5.41) is 16.7. The zero-order chi connectivity index (χ0) is 30.3. The first kappa shape index (κ1) is 29.1. The Balaban J connectivity index is 1.71. The number of rotatable bonds is 6. The summed E-state index contributed by atoms with van der Waals surface area (Å²) in [4.78, 5) is 42.4. The first-order chi connectivity index (χ1) is 19.9. The molecule has 5 rings (SSSR count). The summed E-state index contributed by atoms with van der Waals surface area (Å²) in [5.74, 6) is -1.38. The average molecular weight is 578 g/mol. The molecule has 0 radical (unpaired) electrons. The van der Waals surface area contributed by atoms with Gasteiger partial charge >= 0.3 is 6.18 Å². The number of hydrogen-bond acceptors (Lipinski definition) is 5. The predicted octanol–water partition coefficient (Wildman–Crippen LogP) is 4.60. The summed E-state index contributed by atoms with van der Waals surface area (Å²) < 4.78 is 41.4. The van der Waals surface area contributed by atoms with Crippen molar-refractivity contribution in [2.45, 2.75) is 57.4 Å². The number of halogens is 3. The molecule has 2 aliphatic rings. The van der Waals surface area contributed by atoms with Crippen LogP contribution >= 0.6 is 0 Å². The number of amides is 3. The summed E-state index contributed by atoms with van der Waals surface area (Å²) in [6.45, 7) is 2.44. The lowest BCUT2D eigenvalue weighted by Gasteiger charge is -2.28. The molecule has 218 valence electrons. The van der Waals surface area contributed by atoms with Crippen LogP contribution in [0.2, 0.25) is 0 Å². The predicted molar refractivity (Wildman–Crippen MR) is 152 cm³/mol. The van der Waals surface area contributed by atoms with E-state index >= 15 is 0 Å². The number of anilines is 2. The summed E-state index contributed by atoms with van der Waals surface area (Å²) in [5.41, 5.74) is 1.31. The number of hydrogen-bond donors (Lipinski definition) is 2. The van der Waals surface area contributed by atoms with E-state index in [4.69, 9.17) is 0 Å². The Morgan fingerprint density at radius 3 is 2.45 bits per heavy atom. The number of fused-ring (bicyclic) bond motifs is 2. The topological polar surface area (TPSA) is 106 Å². The second-order valence-electron chi connectivity index (χ2n) is 10.7. The molecule has 1 fully saturated rings. The summed E-state index contributed by atoms with van der Waals surface area (Å²) in [6, 6.07) is 12.4. The van der Waals surface area contributed by atoms with E-state index in [9.17, 15) is 32.8 Å². The molecule has 2 unspecified atom stereocenters. The minimum atomic E-state index is -4.68. The molecule has 1 aliphatic carbocycles. The van der Waals surface area contributed by atoms with Gasteiger partial charge in [-0.05, 0) is 78.9 Å². The van der Waals surface area contributed by atoms with Gasteiger partial charge in [0.15, 0.2) is 0 Å². The van der Waals surface area contributed by atoms with Crippen molar-refractivity contribution < 1.29 is 27.6 Å². The van der Waals surface area contributed by atoms with Crippen molar-refractivity contribution >= 4 is 39.9 Å². The minimum absolute atomic E-state index is 0.0328. The molecule has 3 amide bonds. The number of likely N-dealkylation sites (N-methyl/N-ethyl adjacent to an activating group) is 1. The summed E-state index contributed by atoms with van der Waals surface area (Å²) >= 11 is 0. The highest BCUT2D eigenvalue weighted by Crippen LogP contribution is 2.45. The minimum Gasteiger partial charge on any atom is -0.341 e. The molecule has 2 N–H and O–H groups in total. The Hall–Kier alpha value is -4.43. The summed E-state index contributed by atoms with van der Waals surface area (Å²) in [7, 11) is 1.58. The zero-order valence-electron chi connectivity index (χ0n) is 23.4. The number of alkyl halides is 3. The van der Waals surface area contributed by atoms with Crippen LogP contribution < -0.4 is 20.4 Å². The third-order valence-electron chi connectivity index (χ3n) is 8.00. The molecule has 3 aromatic carbocycles. The molecular formula is C31H30F3N5O3. The van der Waals surface area contributed by atoms with Crippen molar-refractivity contribution in [3.8, 4) is 6.07 Å². The fourth-order valence-electron chi connectivity index (χ4n) is 5.45. The highest BCUT2D eigenvalue weighted by Gasteiger charge is 2.40. The smallest absolute Gasteiger partial charge is 0.341 e. The van der Waals surface area contributed by atoms with Gasteiger partial charge in [0.1, 0.15) is 6.04 Å². The van der Waals surface area contributed by atoms with Crippen LogP contribution in [0.15, 0.2) is 48.5 Å². The molecule has 8 nitrogen and oxygen atoms in total. The number of carbonyl (C=O) groups excluding carboxylic acids is 3. The van der Waals surface area contributed by atoms with Crippen molar-refractivity contribution in [3.63, 3.8) is 0 Å². The highest BCUT2D eigenvalue weighted by molar-refractivity contribution is 6.08. The monoisotopic (exact) mass is 577 g/mol. The molecule has 0 saturated heterocycles. The van der Waals surface area contributed by atoms with Gasteiger partial charge in [-0.1, -0.05) is 24.3 Å². The van der Waals surface area contributed by atoms with E-state index in [1.54, 1.807) is 26.1 Å². The molecule has 0 aromatic heterocycles. The fraction of sp³-hybridized carbons (Fsp3) is 0.355. The molecular weight excluding hydrogens is 547 g/mol. The number of nitriles is 1. The van der Waals surface area contributed by atoms with E-state index in [1.165, 1.54) is 17.9 Å². The van der Waals surface area contributed by atoms with E-state index in [0.717, 1.165) is 46.4 Å². The van der Waals surface area contributed by atoms with Crippen molar-refractivity contribution in [2.24, 2.45) is 0 Å². The molecule has 1 saturated carbocycles. The van der Waals surface area contributed by atoms with Gasteiger partial charge in [-0.15, -0.1) is 0 Å². The number of carbonyl (C=O) groups is 3. The van der Waals surface area contributed by atoms with Crippen molar-refractivity contribution in [1.82, 2.24) is 10.6 Å². The Labute approximate surface area is 241 Å². The van der Waals surface area contributed by atoms with Crippen LogP contribution in [0.1, 0.15) is 54.9 Å². The Morgan fingerprint density at radius 1 is 1.10 bits per heavy atom. The van der Waals surface area contributed by atoms with E-state index < -0.39 is 41.5 Å². The van der Waals surface area contributed by atoms with E-state index in [-0.39, 0.29) is 30.4 Å². The van der Waals surface area contributed by atoms with Crippen LogP contribution in [0.5, 0.6) is 0 Å². The maximum absolute atomic E-state index is 14.2. The lowest BCUT2D eigenvalue weighted by Crippen LogP contribution is -2.55. The van der Waals surface area contributed by atoms with Gasteiger partial charge in [0.05, 0.1) is 47.7 Å². The van der Waals surface area contributed by atoms with Crippen LogP contribution in [0.3, 0.4) is 0 Å². The number of benzene rings is 3. The molecule has 1 aliphatic heterocycles. The molecule has 1 heterocycles. The van der Waals surface area contributed by atoms with Gasteiger partial charge < -0.3 is 20.4 Å². The van der Waals surface area contributed by atoms with Gasteiger partial charge in [0, 0.05) is 6.92 Å². The van der Waals surface area contributed by atoms with E-state index in [1.807, 2.05) is 18.2 Å². The third-order valence-corrected chi connectivity index (χ3v) is 8.00. The molecule has 0 bridgehead atoms.